The van der Waals surface area contributed by atoms with E-state index >= 15 is 0 Å². The number of halogens is 2. The predicted octanol–water partition coefficient (Wildman–Crippen LogP) is 2.98. The van der Waals surface area contributed by atoms with Crippen molar-refractivity contribution in [1.82, 2.24) is 15.1 Å². The second kappa shape index (κ2) is 7.03. The van der Waals surface area contributed by atoms with Crippen molar-refractivity contribution in [3.05, 3.63) is 52.9 Å². The van der Waals surface area contributed by atoms with Gasteiger partial charge in [-0.25, -0.2) is 4.39 Å². The van der Waals surface area contributed by atoms with Crippen LogP contribution in [0.2, 0.25) is 5.02 Å². The Kier molecular flexibility index (Phi) is 4.85. The molecule has 2 heterocycles. The molecule has 4 nitrogen and oxygen atoms in total. The Labute approximate surface area is 134 Å². The number of nitrogens with zero attached hydrogens (tertiary/aromatic N) is 4. The van der Waals surface area contributed by atoms with Gasteiger partial charge in [-0.15, -0.1) is 5.10 Å². The van der Waals surface area contributed by atoms with Gasteiger partial charge in [0.25, 0.3) is 0 Å². The molecular formula is C16H18ClFN4. The zero-order chi connectivity index (χ0) is 15.4. The molecule has 0 N–H and O–H groups in total. The van der Waals surface area contributed by atoms with Crippen LogP contribution in [0.15, 0.2) is 36.5 Å². The Morgan fingerprint density at radius 3 is 2.82 bits per heavy atom. The third-order valence-corrected chi connectivity index (χ3v) is 4.11. The molecule has 1 fully saturated rings. The fourth-order valence-electron chi connectivity index (χ4n) is 2.71. The quantitative estimate of drug-likeness (QED) is 0.870. The van der Waals surface area contributed by atoms with Crippen molar-refractivity contribution in [3.8, 4) is 0 Å². The summed E-state index contributed by atoms with van der Waals surface area (Å²) in [6, 6.07) is 8.75. The first-order valence-corrected chi connectivity index (χ1v) is 7.79. The lowest BCUT2D eigenvalue weighted by Gasteiger charge is -2.22. The Balaban J connectivity index is 1.63. The Hall–Kier alpha value is -1.72. The van der Waals surface area contributed by atoms with E-state index in [0.29, 0.717) is 17.1 Å². The van der Waals surface area contributed by atoms with Gasteiger partial charge in [0.1, 0.15) is 5.82 Å². The summed E-state index contributed by atoms with van der Waals surface area (Å²) in [5.74, 6) is 0.671. The summed E-state index contributed by atoms with van der Waals surface area (Å²) in [6.07, 6.45) is 2.70. The second-order valence-electron chi connectivity index (χ2n) is 5.43. The minimum atomic E-state index is -0.234. The van der Waals surface area contributed by atoms with Crippen molar-refractivity contribution in [2.24, 2.45) is 0 Å². The van der Waals surface area contributed by atoms with E-state index in [9.17, 15) is 4.39 Å². The molecule has 1 saturated heterocycles. The van der Waals surface area contributed by atoms with Crippen LogP contribution in [-0.4, -0.2) is 41.3 Å². The van der Waals surface area contributed by atoms with Crippen molar-refractivity contribution >= 4 is 17.4 Å². The van der Waals surface area contributed by atoms with E-state index in [1.807, 2.05) is 12.1 Å². The van der Waals surface area contributed by atoms with Gasteiger partial charge >= 0.3 is 0 Å². The lowest BCUT2D eigenvalue weighted by atomic mass is 10.2. The topological polar surface area (TPSA) is 32.3 Å². The second-order valence-corrected chi connectivity index (χ2v) is 5.87. The van der Waals surface area contributed by atoms with Gasteiger partial charge in [-0.1, -0.05) is 17.7 Å². The fraction of sp³-hybridized carbons (Fsp3) is 0.375. The van der Waals surface area contributed by atoms with E-state index in [1.165, 1.54) is 6.07 Å². The minimum absolute atomic E-state index is 0.234. The van der Waals surface area contributed by atoms with Gasteiger partial charge in [0, 0.05) is 49.5 Å². The molecule has 0 aliphatic carbocycles. The minimum Gasteiger partial charge on any atom is -0.354 e. The van der Waals surface area contributed by atoms with Crippen molar-refractivity contribution in [1.29, 1.82) is 0 Å². The van der Waals surface area contributed by atoms with Crippen molar-refractivity contribution in [2.75, 3.05) is 31.1 Å². The van der Waals surface area contributed by atoms with Crippen LogP contribution in [0.5, 0.6) is 0 Å². The molecule has 1 aromatic heterocycles. The molecule has 0 radical (unpaired) electrons. The van der Waals surface area contributed by atoms with Gasteiger partial charge in [0.2, 0.25) is 0 Å². The van der Waals surface area contributed by atoms with E-state index in [2.05, 4.69) is 20.0 Å². The maximum atomic E-state index is 13.9. The van der Waals surface area contributed by atoms with Crippen LogP contribution < -0.4 is 4.90 Å². The number of anilines is 1. The molecule has 0 bridgehead atoms. The summed E-state index contributed by atoms with van der Waals surface area (Å²) in [5, 5.41) is 8.53. The maximum absolute atomic E-state index is 13.9. The number of hydrogen-bond donors (Lipinski definition) is 0. The summed E-state index contributed by atoms with van der Waals surface area (Å²) >= 11 is 5.80. The summed E-state index contributed by atoms with van der Waals surface area (Å²) < 4.78 is 13.9. The molecule has 1 aliphatic heterocycles. The summed E-state index contributed by atoms with van der Waals surface area (Å²) in [6.45, 7) is 4.24. The molecule has 22 heavy (non-hydrogen) atoms. The van der Waals surface area contributed by atoms with Gasteiger partial charge in [-0.05, 0) is 30.7 Å². The number of rotatable bonds is 3. The first-order valence-electron chi connectivity index (χ1n) is 7.41. The van der Waals surface area contributed by atoms with Gasteiger partial charge in [0.05, 0.1) is 0 Å². The monoisotopic (exact) mass is 320 g/mol. The molecule has 0 saturated carbocycles. The first kappa shape index (κ1) is 15.2. The molecular weight excluding hydrogens is 303 g/mol. The normalized spacial score (nSPS) is 16.5. The Morgan fingerprint density at radius 1 is 1.14 bits per heavy atom. The molecule has 0 spiro atoms. The van der Waals surface area contributed by atoms with Crippen LogP contribution in [0.4, 0.5) is 10.2 Å². The standard InChI is InChI=1S/C16H18ClFN4/c17-14-5-4-13(15(18)11-14)12-21-7-2-8-22(10-9-21)16-3-1-6-19-20-16/h1,3-6,11H,2,7-10,12H2. The van der Waals surface area contributed by atoms with Crippen LogP contribution >= 0.6 is 11.6 Å². The molecule has 2 aromatic rings. The molecule has 1 aliphatic rings. The van der Waals surface area contributed by atoms with Crippen molar-refractivity contribution < 1.29 is 4.39 Å². The molecule has 116 valence electrons. The molecule has 0 unspecified atom stereocenters. The zero-order valence-corrected chi connectivity index (χ0v) is 13.0. The first-order chi connectivity index (χ1) is 10.7. The molecule has 1 aromatic carbocycles. The summed E-state index contributed by atoms with van der Waals surface area (Å²) in [5.41, 5.74) is 0.692. The van der Waals surface area contributed by atoms with E-state index < -0.39 is 0 Å². The predicted molar refractivity (Wildman–Crippen MR) is 85.5 cm³/mol. The van der Waals surface area contributed by atoms with Gasteiger partial charge < -0.3 is 4.90 Å². The Bertz CT molecular complexity index is 623. The fourth-order valence-corrected chi connectivity index (χ4v) is 2.87. The maximum Gasteiger partial charge on any atom is 0.151 e. The van der Waals surface area contributed by atoms with E-state index in [1.54, 1.807) is 18.3 Å². The zero-order valence-electron chi connectivity index (χ0n) is 12.3. The highest BCUT2D eigenvalue weighted by Gasteiger charge is 2.17. The molecule has 6 heteroatoms. The SMILES string of the molecule is Fc1cc(Cl)ccc1CN1CCCN(c2cccnn2)CC1. The van der Waals surface area contributed by atoms with E-state index in [4.69, 9.17) is 11.6 Å². The van der Waals surface area contributed by atoms with Crippen LogP contribution in [0.1, 0.15) is 12.0 Å². The number of aromatic nitrogens is 2. The largest absolute Gasteiger partial charge is 0.354 e. The number of hydrogen-bond acceptors (Lipinski definition) is 4. The van der Waals surface area contributed by atoms with Crippen LogP contribution in [-0.2, 0) is 6.54 Å². The molecule has 3 rings (SSSR count). The van der Waals surface area contributed by atoms with Crippen LogP contribution in [0, 0.1) is 5.82 Å². The van der Waals surface area contributed by atoms with Crippen LogP contribution in [0.3, 0.4) is 0 Å². The van der Waals surface area contributed by atoms with Crippen molar-refractivity contribution in [3.63, 3.8) is 0 Å². The van der Waals surface area contributed by atoms with Gasteiger partial charge in [-0.2, -0.15) is 5.10 Å². The lowest BCUT2D eigenvalue weighted by Crippen LogP contribution is -2.31. The third kappa shape index (κ3) is 3.72. The number of benzene rings is 1. The highest BCUT2D eigenvalue weighted by Crippen LogP contribution is 2.18. The lowest BCUT2D eigenvalue weighted by molar-refractivity contribution is 0.281. The Morgan fingerprint density at radius 2 is 2.05 bits per heavy atom. The average molecular weight is 321 g/mol. The highest BCUT2D eigenvalue weighted by molar-refractivity contribution is 6.30. The van der Waals surface area contributed by atoms with Crippen molar-refractivity contribution in [2.45, 2.75) is 13.0 Å². The van der Waals surface area contributed by atoms with Gasteiger partial charge in [-0.3, -0.25) is 4.90 Å². The highest BCUT2D eigenvalue weighted by atomic mass is 35.5. The summed E-state index contributed by atoms with van der Waals surface area (Å²) in [7, 11) is 0. The van der Waals surface area contributed by atoms with E-state index in [-0.39, 0.29) is 5.82 Å². The van der Waals surface area contributed by atoms with E-state index in [0.717, 1.165) is 38.4 Å². The molecule has 0 amide bonds. The average Bonchev–Trinajstić information content (AvgIpc) is 2.77. The third-order valence-electron chi connectivity index (χ3n) is 3.88. The smallest absolute Gasteiger partial charge is 0.151 e. The molecule has 0 atom stereocenters. The van der Waals surface area contributed by atoms with Gasteiger partial charge in [0.15, 0.2) is 5.82 Å². The summed E-state index contributed by atoms with van der Waals surface area (Å²) in [4.78, 5) is 4.49. The van der Waals surface area contributed by atoms with Crippen LogP contribution in [0.25, 0.3) is 0 Å².